The highest BCUT2D eigenvalue weighted by molar-refractivity contribution is 5.92. The molecule has 2 N–H and O–H groups in total. The van der Waals surface area contributed by atoms with Crippen LogP contribution in [0.3, 0.4) is 0 Å². The summed E-state index contributed by atoms with van der Waals surface area (Å²) in [6, 6.07) is 23.4. The predicted molar refractivity (Wildman–Crippen MR) is 148 cm³/mol. The first kappa shape index (κ1) is 24.3. The summed E-state index contributed by atoms with van der Waals surface area (Å²) in [6.45, 7) is 6.73. The van der Waals surface area contributed by atoms with Gasteiger partial charge in [-0.2, -0.15) is 5.10 Å². The molecule has 36 heavy (non-hydrogen) atoms. The lowest BCUT2D eigenvalue weighted by molar-refractivity contribution is 0.1000. The zero-order valence-corrected chi connectivity index (χ0v) is 21.7. The molecule has 1 unspecified atom stereocenters. The van der Waals surface area contributed by atoms with Crippen LogP contribution in [0.1, 0.15) is 86.8 Å². The number of benzene rings is 3. The van der Waals surface area contributed by atoms with Crippen molar-refractivity contribution in [2.45, 2.75) is 70.8 Å². The van der Waals surface area contributed by atoms with E-state index in [0.717, 1.165) is 17.3 Å². The van der Waals surface area contributed by atoms with Gasteiger partial charge in [-0.25, -0.2) is 0 Å². The Kier molecular flexibility index (Phi) is 6.70. The summed E-state index contributed by atoms with van der Waals surface area (Å²) in [5.74, 6) is 0.307. The molecule has 1 heterocycles. The van der Waals surface area contributed by atoms with E-state index in [4.69, 9.17) is 10.8 Å². The van der Waals surface area contributed by atoms with Crippen LogP contribution in [-0.4, -0.2) is 15.7 Å². The number of primary amides is 1. The molecule has 0 radical (unpaired) electrons. The van der Waals surface area contributed by atoms with E-state index < -0.39 is 5.91 Å². The summed E-state index contributed by atoms with van der Waals surface area (Å²) < 4.78 is 2.14. The van der Waals surface area contributed by atoms with Crippen molar-refractivity contribution in [3.05, 3.63) is 89.6 Å². The number of nitrogens with two attached hydrogens (primary N) is 1. The highest BCUT2D eigenvalue weighted by atomic mass is 16.1. The second-order valence-electron chi connectivity index (χ2n) is 11.5. The SMILES string of the molecule is CC(C)(C)c1ccc(-c2ccc3nn(C(CC4CCCCC4)c4ccc(C(N)=O)cc4)cc3c2)cc1. The van der Waals surface area contributed by atoms with Crippen molar-refractivity contribution < 1.29 is 4.79 Å². The molecular weight excluding hydrogens is 442 g/mol. The Morgan fingerprint density at radius 2 is 1.61 bits per heavy atom. The van der Waals surface area contributed by atoms with Gasteiger partial charge in [0.05, 0.1) is 11.6 Å². The molecule has 1 amide bonds. The normalized spacial score (nSPS) is 15.8. The average Bonchev–Trinajstić information content (AvgIpc) is 3.31. The van der Waals surface area contributed by atoms with E-state index in [-0.39, 0.29) is 11.5 Å². The Bertz CT molecular complexity index is 1340. The van der Waals surface area contributed by atoms with Crippen molar-refractivity contribution in [1.29, 1.82) is 0 Å². The molecule has 1 aliphatic rings. The minimum Gasteiger partial charge on any atom is -0.366 e. The first-order valence-electron chi connectivity index (χ1n) is 13.3. The number of nitrogens with zero attached hydrogens (tertiary/aromatic N) is 2. The number of amides is 1. The quantitative estimate of drug-likeness (QED) is 0.308. The minimum atomic E-state index is -0.390. The molecule has 1 fully saturated rings. The van der Waals surface area contributed by atoms with E-state index in [1.807, 2.05) is 24.3 Å². The van der Waals surface area contributed by atoms with Gasteiger partial charge < -0.3 is 5.73 Å². The van der Waals surface area contributed by atoms with Crippen molar-refractivity contribution in [3.8, 4) is 11.1 Å². The van der Waals surface area contributed by atoms with Crippen molar-refractivity contribution in [1.82, 2.24) is 9.78 Å². The fraction of sp³-hybridized carbons (Fsp3) is 0.375. The Hall–Kier alpha value is -3.40. The Labute approximate surface area is 214 Å². The summed E-state index contributed by atoms with van der Waals surface area (Å²) in [5, 5.41) is 6.17. The molecule has 4 heteroatoms. The molecule has 1 aliphatic carbocycles. The van der Waals surface area contributed by atoms with E-state index in [1.165, 1.54) is 54.4 Å². The highest BCUT2D eigenvalue weighted by Gasteiger charge is 2.23. The smallest absolute Gasteiger partial charge is 0.248 e. The van der Waals surface area contributed by atoms with Crippen LogP contribution in [0.4, 0.5) is 0 Å². The summed E-state index contributed by atoms with van der Waals surface area (Å²) in [4.78, 5) is 11.6. The molecule has 0 saturated heterocycles. The lowest BCUT2D eigenvalue weighted by Gasteiger charge is -2.27. The topological polar surface area (TPSA) is 60.9 Å². The minimum absolute atomic E-state index is 0.136. The van der Waals surface area contributed by atoms with Gasteiger partial charge in [-0.3, -0.25) is 9.48 Å². The van der Waals surface area contributed by atoms with Gasteiger partial charge in [0, 0.05) is 17.1 Å². The molecule has 186 valence electrons. The van der Waals surface area contributed by atoms with Crippen LogP contribution in [-0.2, 0) is 5.41 Å². The third-order valence-electron chi connectivity index (χ3n) is 7.79. The molecule has 0 aliphatic heterocycles. The average molecular weight is 480 g/mol. The summed E-state index contributed by atoms with van der Waals surface area (Å²) in [6.07, 6.45) is 9.80. The number of carbonyl (C=O) groups is 1. The van der Waals surface area contributed by atoms with E-state index in [2.05, 4.69) is 74.1 Å². The van der Waals surface area contributed by atoms with Crippen molar-refractivity contribution >= 4 is 16.8 Å². The maximum Gasteiger partial charge on any atom is 0.248 e. The fourth-order valence-corrected chi connectivity index (χ4v) is 5.55. The molecule has 3 aromatic carbocycles. The second-order valence-corrected chi connectivity index (χ2v) is 11.5. The molecule has 4 aromatic rings. The monoisotopic (exact) mass is 479 g/mol. The Morgan fingerprint density at radius 1 is 0.944 bits per heavy atom. The number of carbonyl (C=O) groups excluding carboxylic acids is 1. The number of hydrogen-bond donors (Lipinski definition) is 1. The number of hydrogen-bond acceptors (Lipinski definition) is 2. The first-order valence-corrected chi connectivity index (χ1v) is 13.3. The Morgan fingerprint density at radius 3 is 2.25 bits per heavy atom. The maximum absolute atomic E-state index is 11.6. The highest BCUT2D eigenvalue weighted by Crippen LogP contribution is 2.35. The van der Waals surface area contributed by atoms with Crippen LogP contribution in [0.5, 0.6) is 0 Å². The molecular formula is C32H37N3O. The van der Waals surface area contributed by atoms with Gasteiger partial charge in [0.25, 0.3) is 0 Å². The predicted octanol–water partition coefficient (Wildman–Crippen LogP) is 7.66. The zero-order chi connectivity index (χ0) is 25.3. The summed E-state index contributed by atoms with van der Waals surface area (Å²) in [7, 11) is 0. The standard InChI is InChI=1S/C32H37N3O/c1-32(2,3)28-16-13-23(14-17-28)26-15-18-29-27(20-26)21-35(34-29)30(19-22-7-5-4-6-8-22)24-9-11-25(12-10-24)31(33)36/h9-18,20-22,30H,4-8,19H2,1-3H3,(H2,33,36). The summed E-state index contributed by atoms with van der Waals surface area (Å²) in [5.41, 5.74) is 12.1. The first-order chi connectivity index (χ1) is 17.3. The lowest BCUT2D eigenvalue weighted by Crippen LogP contribution is -2.18. The van der Waals surface area contributed by atoms with Crippen LogP contribution >= 0.6 is 0 Å². The molecule has 4 nitrogen and oxygen atoms in total. The van der Waals surface area contributed by atoms with Crippen LogP contribution in [0.25, 0.3) is 22.0 Å². The molecule has 1 atom stereocenters. The Balaban J connectivity index is 1.48. The van der Waals surface area contributed by atoms with Crippen LogP contribution in [0.2, 0.25) is 0 Å². The van der Waals surface area contributed by atoms with Gasteiger partial charge >= 0.3 is 0 Å². The van der Waals surface area contributed by atoms with E-state index in [0.29, 0.717) is 11.5 Å². The van der Waals surface area contributed by atoms with Crippen LogP contribution in [0.15, 0.2) is 72.9 Å². The van der Waals surface area contributed by atoms with E-state index in [1.54, 1.807) is 0 Å². The largest absolute Gasteiger partial charge is 0.366 e. The number of aromatic nitrogens is 2. The number of fused-ring (bicyclic) bond motifs is 1. The van der Waals surface area contributed by atoms with Gasteiger partial charge in [-0.15, -0.1) is 0 Å². The van der Waals surface area contributed by atoms with Crippen LogP contribution in [0, 0.1) is 5.92 Å². The summed E-state index contributed by atoms with van der Waals surface area (Å²) >= 11 is 0. The molecule has 1 saturated carbocycles. The van der Waals surface area contributed by atoms with Gasteiger partial charge in [0.15, 0.2) is 0 Å². The molecule has 0 spiro atoms. The van der Waals surface area contributed by atoms with Gasteiger partial charge in [-0.05, 0) is 64.3 Å². The number of rotatable bonds is 6. The lowest BCUT2D eigenvalue weighted by atomic mass is 9.83. The van der Waals surface area contributed by atoms with Crippen molar-refractivity contribution in [3.63, 3.8) is 0 Å². The van der Waals surface area contributed by atoms with Gasteiger partial charge in [0.1, 0.15) is 0 Å². The van der Waals surface area contributed by atoms with E-state index >= 15 is 0 Å². The van der Waals surface area contributed by atoms with Gasteiger partial charge in [0.2, 0.25) is 5.91 Å². The van der Waals surface area contributed by atoms with Crippen molar-refractivity contribution in [2.24, 2.45) is 11.7 Å². The van der Waals surface area contributed by atoms with E-state index in [9.17, 15) is 4.79 Å². The second kappa shape index (κ2) is 9.93. The molecule has 0 bridgehead atoms. The van der Waals surface area contributed by atoms with Gasteiger partial charge in [-0.1, -0.05) is 95.3 Å². The molecule has 5 rings (SSSR count). The zero-order valence-electron chi connectivity index (χ0n) is 21.7. The fourth-order valence-electron chi connectivity index (χ4n) is 5.55. The van der Waals surface area contributed by atoms with Crippen molar-refractivity contribution in [2.75, 3.05) is 0 Å². The third kappa shape index (κ3) is 5.23. The maximum atomic E-state index is 11.6. The van der Waals surface area contributed by atoms with Crippen LogP contribution < -0.4 is 5.73 Å². The third-order valence-corrected chi connectivity index (χ3v) is 7.79. The molecule has 1 aromatic heterocycles.